The van der Waals surface area contributed by atoms with E-state index in [-0.39, 0.29) is 11.1 Å². The number of methoxy groups -OCH3 is 1. The Morgan fingerprint density at radius 1 is 1.29 bits per heavy atom. The smallest absolute Gasteiger partial charge is 0.263 e. The van der Waals surface area contributed by atoms with Crippen LogP contribution in [0.2, 0.25) is 0 Å². The van der Waals surface area contributed by atoms with Crippen LogP contribution in [0.5, 0.6) is 5.88 Å². The molecule has 0 bridgehead atoms. The lowest BCUT2D eigenvalue weighted by molar-refractivity contribution is 0.366. The van der Waals surface area contributed by atoms with Gasteiger partial charge in [-0.15, -0.1) is 0 Å². The molecule has 126 valence electrons. The summed E-state index contributed by atoms with van der Waals surface area (Å²) >= 11 is 0. The van der Waals surface area contributed by atoms with E-state index >= 15 is 0 Å². The third-order valence-corrected chi connectivity index (χ3v) is 3.54. The third kappa shape index (κ3) is 3.08. The Bertz CT molecular complexity index is 905. The molecule has 0 spiro atoms. The summed E-state index contributed by atoms with van der Waals surface area (Å²) in [5.74, 6) is 0.954. The highest BCUT2D eigenvalue weighted by Gasteiger charge is 2.19. The van der Waals surface area contributed by atoms with Crippen molar-refractivity contribution in [3.8, 4) is 5.88 Å². The van der Waals surface area contributed by atoms with Crippen LogP contribution in [-0.2, 0) is 12.1 Å². The summed E-state index contributed by atoms with van der Waals surface area (Å²) in [6, 6.07) is 3.68. The van der Waals surface area contributed by atoms with Crippen LogP contribution in [0, 0.1) is 0 Å². The number of nitrogens with zero attached hydrogens (tertiary/aromatic N) is 4. The zero-order valence-corrected chi connectivity index (χ0v) is 14.1. The molecule has 0 fully saturated rings. The monoisotopic (exact) mass is 328 g/mol. The normalized spacial score (nSPS) is 11.7. The molecule has 3 aromatic heterocycles. The summed E-state index contributed by atoms with van der Waals surface area (Å²) < 4.78 is 6.78. The van der Waals surface area contributed by atoms with Crippen molar-refractivity contribution in [3.05, 3.63) is 40.4 Å². The van der Waals surface area contributed by atoms with E-state index in [1.54, 1.807) is 30.3 Å². The molecule has 3 rings (SSSR count). The number of hydrogen-bond acceptors (Lipinski definition) is 6. The van der Waals surface area contributed by atoms with Crippen LogP contribution in [0.25, 0.3) is 11.0 Å². The molecule has 3 heterocycles. The number of anilines is 1. The molecule has 8 heteroatoms. The van der Waals surface area contributed by atoms with Crippen LogP contribution >= 0.6 is 0 Å². The highest BCUT2D eigenvalue weighted by atomic mass is 16.5. The number of aromatic amines is 1. The molecule has 0 atom stereocenters. The molecule has 0 aromatic carbocycles. The molecule has 0 radical (unpaired) electrons. The lowest BCUT2D eigenvalue weighted by Gasteiger charge is -2.19. The maximum absolute atomic E-state index is 12.2. The Morgan fingerprint density at radius 2 is 2.08 bits per heavy atom. The van der Waals surface area contributed by atoms with E-state index in [2.05, 4.69) is 25.4 Å². The van der Waals surface area contributed by atoms with Crippen molar-refractivity contribution in [1.82, 2.24) is 24.7 Å². The second-order valence-corrected chi connectivity index (χ2v) is 6.44. The van der Waals surface area contributed by atoms with E-state index < -0.39 is 0 Å². The second kappa shape index (κ2) is 5.95. The highest BCUT2D eigenvalue weighted by molar-refractivity contribution is 5.74. The predicted molar refractivity (Wildman–Crippen MR) is 91.3 cm³/mol. The first-order chi connectivity index (χ1) is 11.4. The number of rotatable bonds is 4. The fourth-order valence-electron chi connectivity index (χ4n) is 2.32. The van der Waals surface area contributed by atoms with E-state index in [1.807, 2.05) is 26.8 Å². The Morgan fingerprint density at radius 3 is 2.71 bits per heavy atom. The van der Waals surface area contributed by atoms with Crippen molar-refractivity contribution in [2.75, 3.05) is 12.4 Å². The van der Waals surface area contributed by atoms with Gasteiger partial charge in [-0.2, -0.15) is 10.1 Å². The Balaban J connectivity index is 1.88. The summed E-state index contributed by atoms with van der Waals surface area (Å²) in [6.07, 6.45) is 3.26. The SMILES string of the molecule is COc1ccc(CNc2nc3c(cnn3C(C)(C)C)c(=O)[nH]2)cn1. The van der Waals surface area contributed by atoms with Crippen LogP contribution in [0.3, 0.4) is 0 Å². The highest BCUT2D eigenvalue weighted by Crippen LogP contribution is 2.18. The zero-order valence-electron chi connectivity index (χ0n) is 14.1. The van der Waals surface area contributed by atoms with Gasteiger partial charge in [0.25, 0.3) is 5.56 Å². The summed E-state index contributed by atoms with van der Waals surface area (Å²) in [4.78, 5) is 23.6. The van der Waals surface area contributed by atoms with E-state index in [4.69, 9.17) is 4.74 Å². The number of H-pyrrole nitrogens is 1. The molecule has 0 saturated carbocycles. The Labute approximate surface area is 138 Å². The average Bonchev–Trinajstić information content (AvgIpc) is 2.98. The topological polar surface area (TPSA) is 97.7 Å². The average molecular weight is 328 g/mol. The number of nitrogens with one attached hydrogen (secondary N) is 2. The number of ether oxygens (including phenoxy) is 1. The lowest BCUT2D eigenvalue weighted by atomic mass is 10.1. The van der Waals surface area contributed by atoms with E-state index in [0.717, 1.165) is 5.56 Å². The minimum Gasteiger partial charge on any atom is -0.481 e. The number of hydrogen-bond donors (Lipinski definition) is 2. The number of aromatic nitrogens is 5. The van der Waals surface area contributed by atoms with E-state index in [1.165, 1.54) is 0 Å². The van der Waals surface area contributed by atoms with Crippen LogP contribution < -0.4 is 15.6 Å². The molecule has 0 aliphatic heterocycles. The lowest BCUT2D eigenvalue weighted by Crippen LogP contribution is -2.24. The maximum atomic E-state index is 12.2. The molecular weight excluding hydrogens is 308 g/mol. The van der Waals surface area contributed by atoms with Gasteiger partial charge in [-0.3, -0.25) is 9.78 Å². The quantitative estimate of drug-likeness (QED) is 0.759. The van der Waals surface area contributed by atoms with E-state index in [9.17, 15) is 4.79 Å². The van der Waals surface area contributed by atoms with Gasteiger partial charge in [0.15, 0.2) is 5.65 Å². The molecule has 24 heavy (non-hydrogen) atoms. The predicted octanol–water partition coefficient (Wildman–Crippen LogP) is 1.89. The van der Waals surface area contributed by atoms with Gasteiger partial charge in [0, 0.05) is 18.8 Å². The summed E-state index contributed by atoms with van der Waals surface area (Å²) in [5.41, 5.74) is 1.02. The molecule has 0 amide bonds. The standard InChI is InChI=1S/C16H20N6O2/c1-16(2,3)22-13-11(9-19-22)14(23)21-15(20-13)18-8-10-5-6-12(24-4)17-7-10/h5-7,9H,8H2,1-4H3,(H2,18,20,21,23). The zero-order chi connectivity index (χ0) is 17.3. The minimum atomic E-state index is -0.264. The molecule has 3 aromatic rings. The first-order valence-electron chi connectivity index (χ1n) is 7.60. The minimum absolute atomic E-state index is 0.217. The summed E-state index contributed by atoms with van der Waals surface area (Å²) in [7, 11) is 1.57. The van der Waals surface area contributed by atoms with Gasteiger partial charge < -0.3 is 10.1 Å². The van der Waals surface area contributed by atoms with Gasteiger partial charge in [0.05, 0.1) is 18.8 Å². The largest absolute Gasteiger partial charge is 0.481 e. The van der Waals surface area contributed by atoms with Gasteiger partial charge in [-0.1, -0.05) is 6.07 Å². The molecule has 0 aliphatic carbocycles. The van der Waals surface area contributed by atoms with Gasteiger partial charge in [0.2, 0.25) is 11.8 Å². The molecular formula is C16H20N6O2. The summed E-state index contributed by atoms with van der Waals surface area (Å²) in [6.45, 7) is 6.52. The van der Waals surface area contributed by atoms with Crippen molar-refractivity contribution in [1.29, 1.82) is 0 Å². The fraction of sp³-hybridized carbons (Fsp3) is 0.375. The van der Waals surface area contributed by atoms with Crippen molar-refractivity contribution in [2.24, 2.45) is 0 Å². The first-order valence-corrected chi connectivity index (χ1v) is 7.60. The van der Waals surface area contributed by atoms with Gasteiger partial charge in [0.1, 0.15) is 5.39 Å². The Hall–Kier alpha value is -2.90. The van der Waals surface area contributed by atoms with Crippen LogP contribution in [-0.4, -0.2) is 31.8 Å². The van der Waals surface area contributed by atoms with Crippen molar-refractivity contribution in [3.63, 3.8) is 0 Å². The number of pyridine rings is 1. The molecule has 8 nitrogen and oxygen atoms in total. The third-order valence-electron chi connectivity index (χ3n) is 3.54. The molecule has 0 saturated heterocycles. The molecule has 0 aliphatic rings. The Kier molecular flexibility index (Phi) is 3.96. The maximum Gasteiger partial charge on any atom is 0.263 e. The van der Waals surface area contributed by atoms with Crippen molar-refractivity contribution >= 4 is 17.0 Å². The van der Waals surface area contributed by atoms with Gasteiger partial charge >= 0.3 is 0 Å². The van der Waals surface area contributed by atoms with Gasteiger partial charge in [-0.25, -0.2) is 9.67 Å². The molecule has 2 N–H and O–H groups in total. The van der Waals surface area contributed by atoms with Crippen LogP contribution in [0.4, 0.5) is 5.95 Å². The first kappa shape index (κ1) is 16.0. The second-order valence-electron chi connectivity index (χ2n) is 6.44. The van der Waals surface area contributed by atoms with Crippen LogP contribution in [0.1, 0.15) is 26.3 Å². The summed E-state index contributed by atoms with van der Waals surface area (Å²) in [5, 5.41) is 7.87. The number of fused-ring (bicyclic) bond motifs is 1. The fourth-order valence-corrected chi connectivity index (χ4v) is 2.32. The van der Waals surface area contributed by atoms with Crippen molar-refractivity contribution < 1.29 is 4.74 Å². The molecule has 0 unspecified atom stereocenters. The van der Waals surface area contributed by atoms with Crippen LogP contribution in [0.15, 0.2) is 29.3 Å². The van der Waals surface area contributed by atoms with Gasteiger partial charge in [-0.05, 0) is 26.3 Å². The van der Waals surface area contributed by atoms with E-state index in [0.29, 0.717) is 29.4 Å². The van der Waals surface area contributed by atoms with Crippen molar-refractivity contribution in [2.45, 2.75) is 32.9 Å².